The molecule has 0 unspecified atom stereocenters. The maximum Gasteiger partial charge on any atom is 0.319 e. The van der Waals surface area contributed by atoms with Gasteiger partial charge in [-0.1, -0.05) is 81.4 Å². The van der Waals surface area contributed by atoms with Crippen molar-refractivity contribution in [3.05, 3.63) is 105 Å². The second-order valence-electron chi connectivity index (χ2n) is 9.03. The number of carbonyl (C=O) groups excluding carboxylic acids is 1. The van der Waals surface area contributed by atoms with E-state index in [1.165, 1.54) is 12.1 Å². The lowest BCUT2D eigenvalue weighted by molar-refractivity contribution is -0.384. The zero-order valence-corrected chi connectivity index (χ0v) is 21.0. The Hall–Kier alpha value is -4.20. The lowest BCUT2D eigenvalue weighted by Crippen LogP contribution is -2.34. The number of oxime groups is 1. The average molecular weight is 489 g/mol. The molecular weight excluding hydrogens is 456 g/mol. The van der Waals surface area contributed by atoms with Gasteiger partial charge < -0.3 is 15.5 Å². The van der Waals surface area contributed by atoms with Gasteiger partial charge in [0.25, 0.3) is 5.69 Å². The first kappa shape index (κ1) is 26.4. The van der Waals surface area contributed by atoms with Crippen molar-refractivity contribution in [1.29, 1.82) is 0 Å². The minimum absolute atomic E-state index is 0.0158. The van der Waals surface area contributed by atoms with Gasteiger partial charge in [-0.05, 0) is 40.7 Å². The van der Waals surface area contributed by atoms with Gasteiger partial charge >= 0.3 is 6.03 Å². The molecule has 2 amide bonds. The van der Waals surface area contributed by atoms with E-state index in [9.17, 15) is 14.9 Å². The van der Waals surface area contributed by atoms with Crippen LogP contribution in [0.15, 0.2) is 78.0 Å². The molecule has 0 aliphatic rings. The van der Waals surface area contributed by atoms with Crippen molar-refractivity contribution in [3.8, 4) is 0 Å². The summed E-state index contributed by atoms with van der Waals surface area (Å²) < 4.78 is 0. The van der Waals surface area contributed by atoms with Crippen LogP contribution in [0.25, 0.3) is 0 Å². The number of hydrogen-bond acceptors (Lipinski definition) is 5. The Labute approximate surface area is 211 Å². The van der Waals surface area contributed by atoms with Crippen LogP contribution in [0.4, 0.5) is 16.2 Å². The number of benzene rings is 3. The molecular formula is C28H32N4O4. The normalized spacial score (nSPS) is 11.4. The first-order valence-corrected chi connectivity index (χ1v) is 11.9. The number of rotatable bonds is 10. The Balaban J connectivity index is 1.71. The topological polar surface area (TPSA) is 106 Å². The van der Waals surface area contributed by atoms with Crippen molar-refractivity contribution in [2.75, 3.05) is 11.9 Å². The number of para-hydroxylation sites is 1. The molecule has 0 spiro atoms. The van der Waals surface area contributed by atoms with Gasteiger partial charge in [-0.25, -0.2) is 4.79 Å². The summed E-state index contributed by atoms with van der Waals surface area (Å²) >= 11 is 0. The Bertz CT molecular complexity index is 1180. The second kappa shape index (κ2) is 12.5. The van der Waals surface area contributed by atoms with E-state index in [0.717, 1.165) is 27.9 Å². The molecule has 0 aromatic heterocycles. The van der Waals surface area contributed by atoms with E-state index in [2.05, 4.69) is 43.5 Å². The van der Waals surface area contributed by atoms with E-state index in [-0.39, 0.29) is 36.7 Å². The molecule has 3 rings (SSSR count). The summed E-state index contributed by atoms with van der Waals surface area (Å²) in [6, 6.07) is 21.3. The van der Waals surface area contributed by atoms with Gasteiger partial charge in [0.15, 0.2) is 0 Å². The molecule has 36 heavy (non-hydrogen) atoms. The van der Waals surface area contributed by atoms with Crippen molar-refractivity contribution in [3.63, 3.8) is 0 Å². The van der Waals surface area contributed by atoms with E-state index in [4.69, 9.17) is 4.84 Å². The van der Waals surface area contributed by atoms with Gasteiger partial charge in [0.2, 0.25) is 0 Å². The lowest BCUT2D eigenvalue weighted by atomic mass is 9.93. The fourth-order valence-corrected chi connectivity index (χ4v) is 3.73. The summed E-state index contributed by atoms with van der Waals surface area (Å²) in [6.07, 6.45) is 0. The monoisotopic (exact) mass is 488 g/mol. The average Bonchev–Trinajstić information content (AvgIpc) is 2.86. The van der Waals surface area contributed by atoms with Crippen LogP contribution in [-0.4, -0.2) is 23.2 Å². The van der Waals surface area contributed by atoms with Crippen LogP contribution >= 0.6 is 0 Å². The fourth-order valence-electron chi connectivity index (χ4n) is 3.73. The van der Waals surface area contributed by atoms with Gasteiger partial charge in [0.05, 0.1) is 11.5 Å². The number of urea groups is 1. The highest BCUT2D eigenvalue weighted by atomic mass is 16.6. The van der Waals surface area contributed by atoms with Crippen LogP contribution < -0.4 is 10.6 Å². The summed E-state index contributed by atoms with van der Waals surface area (Å²) in [5.41, 5.74) is 5.13. The highest BCUT2D eigenvalue weighted by molar-refractivity contribution is 6.04. The number of amides is 2. The molecule has 3 aromatic rings. The van der Waals surface area contributed by atoms with Crippen LogP contribution in [0.2, 0.25) is 0 Å². The van der Waals surface area contributed by atoms with Crippen LogP contribution in [0.1, 0.15) is 61.8 Å². The maximum atomic E-state index is 12.9. The molecule has 0 fully saturated rings. The van der Waals surface area contributed by atoms with Gasteiger partial charge in [-0.2, -0.15) is 0 Å². The van der Waals surface area contributed by atoms with E-state index < -0.39 is 4.92 Å². The largest absolute Gasteiger partial charge is 0.391 e. The summed E-state index contributed by atoms with van der Waals surface area (Å²) in [5, 5.41) is 21.0. The van der Waals surface area contributed by atoms with Crippen LogP contribution in [0, 0.1) is 10.1 Å². The van der Waals surface area contributed by atoms with Crippen molar-refractivity contribution in [2.24, 2.45) is 5.16 Å². The molecule has 0 heterocycles. The third-order valence-corrected chi connectivity index (χ3v) is 5.69. The molecule has 0 saturated carbocycles. The number of nitro benzene ring substituents is 1. The molecule has 0 saturated heterocycles. The SMILES string of the molecule is CC(C)c1cccc(C(C)C)c1NC(=O)NC/C(=N\OCc1ccc([N+](=O)[O-])cc1)c1ccccc1. The smallest absolute Gasteiger partial charge is 0.319 e. The van der Waals surface area contributed by atoms with E-state index >= 15 is 0 Å². The summed E-state index contributed by atoms with van der Waals surface area (Å²) in [7, 11) is 0. The van der Waals surface area contributed by atoms with Crippen molar-refractivity contribution in [2.45, 2.75) is 46.1 Å². The van der Waals surface area contributed by atoms with Gasteiger partial charge in [0, 0.05) is 23.4 Å². The standard InChI is InChI=1S/C28H32N4O4/c1-19(2)24-11-8-12-25(20(3)4)27(24)30-28(33)29-17-26(22-9-6-5-7-10-22)31-36-18-21-13-15-23(16-14-21)32(34)35/h5-16,19-20H,17-18H2,1-4H3,(H2,29,30,33)/b31-26+. The molecule has 8 heteroatoms. The first-order chi connectivity index (χ1) is 17.3. The molecule has 8 nitrogen and oxygen atoms in total. The van der Waals surface area contributed by atoms with Crippen molar-refractivity contribution < 1.29 is 14.6 Å². The predicted molar refractivity (Wildman–Crippen MR) is 143 cm³/mol. The number of anilines is 1. The molecule has 2 N–H and O–H groups in total. The summed E-state index contributed by atoms with van der Waals surface area (Å²) in [6.45, 7) is 8.70. The quantitative estimate of drug-likeness (QED) is 0.191. The van der Waals surface area contributed by atoms with E-state index in [0.29, 0.717) is 5.71 Å². The third-order valence-electron chi connectivity index (χ3n) is 5.69. The minimum Gasteiger partial charge on any atom is -0.391 e. The molecule has 3 aromatic carbocycles. The highest BCUT2D eigenvalue weighted by Crippen LogP contribution is 2.32. The van der Waals surface area contributed by atoms with Crippen LogP contribution in [0.5, 0.6) is 0 Å². The Morgan fingerprint density at radius 2 is 1.53 bits per heavy atom. The van der Waals surface area contributed by atoms with Crippen LogP contribution in [-0.2, 0) is 11.4 Å². The number of nitrogens with one attached hydrogen (secondary N) is 2. The number of nitro groups is 1. The predicted octanol–water partition coefficient (Wildman–Crippen LogP) is 6.58. The van der Waals surface area contributed by atoms with E-state index in [1.54, 1.807) is 12.1 Å². The molecule has 0 atom stereocenters. The third kappa shape index (κ3) is 7.15. The lowest BCUT2D eigenvalue weighted by Gasteiger charge is -2.20. The number of non-ortho nitro benzene ring substituents is 1. The molecule has 0 bridgehead atoms. The van der Waals surface area contributed by atoms with Crippen LogP contribution in [0.3, 0.4) is 0 Å². The van der Waals surface area contributed by atoms with Crippen molar-refractivity contribution in [1.82, 2.24) is 5.32 Å². The second-order valence-corrected chi connectivity index (χ2v) is 9.03. The highest BCUT2D eigenvalue weighted by Gasteiger charge is 2.16. The molecule has 0 aliphatic heterocycles. The Morgan fingerprint density at radius 3 is 2.08 bits per heavy atom. The summed E-state index contributed by atoms with van der Waals surface area (Å²) in [5.74, 6) is 0.515. The number of hydrogen-bond donors (Lipinski definition) is 2. The zero-order chi connectivity index (χ0) is 26.1. The number of nitrogens with zero attached hydrogens (tertiary/aromatic N) is 2. The Kier molecular flexibility index (Phi) is 9.16. The summed E-state index contributed by atoms with van der Waals surface area (Å²) in [4.78, 5) is 28.8. The maximum absolute atomic E-state index is 12.9. The van der Waals surface area contributed by atoms with Crippen molar-refractivity contribution >= 4 is 23.1 Å². The molecule has 0 aliphatic carbocycles. The molecule has 188 valence electrons. The fraction of sp³-hybridized carbons (Fsp3) is 0.286. The Morgan fingerprint density at radius 1 is 0.917 bits per heavy atom. The van der Waals surface area contributed by atoms with Gasteiger partial charge in [-0.15, -0.1) is 0 Å². The zero-order valence-electron chi connectivity index (χ0n) is 21.0. The van der Waals surface area contributed by atoms with Gasteiger partial charge in [-0.3, -0.25) is 10.1 Å². The molecule has 0 radical (unpaired) electrons. The number of carbonyl (C=O) groups is 1. The van der Waals surface area contributed by atoms with E-state index in [1.807, 2.05) is 48.5 Å². The minimum atomic E-state index is -0.448. The first-order valence-electron chi connectivity index (χ1n) is 11.9. The van der Waals surface area contributed by atoms with Gasteiger partial charge in [0.1, 0.15) is 12.3 Å².